The molecule has 0 aromatic carbocycles. The maximum absolute atomic E-state index is 11.7. The normalized spacial score (nSPS) is 13.5. The molecule has 0 spiro atoms. The van der Waals surface area contributed by atoms with Gasteiger partial charge in [-0.05, 0) is 18.6 Å². The van der Waals surface area contributed by atoms with Crippen molar-refractivity contribution in [2.75, 3.05) is 31.6 Å². The summed E-state index contributed by atoms with van der Waals surface area (Å²) in [6, 6.07) is 3.76. The summed E-state index contributed by atoms with van der Waals surface area (Å²) in [5, 5.41) is 9.26. The maximum atomic E-state index is 11.7. The van der Waals surface area contributed by atoms with Gasteiger partial charge < -0.3 is 14.9 Å². The number of amides is 1. The van der Waals surface area contributed by atoms with Gasteiger partial charge in [0.1, 0.15) is 5.82 Å². The molecule has 0 fully saturated rings. The standard InChI is InChI=1S/C17H21N5O2/c1-12(24)22-7-5-14-15(11-22)19-16(13-4-3-6-18-10-13)20-17(14)21(2)8-9-23/h3-4,6,10,23H,5,7-9,11H2,1-2H3. The Kier molecular flexibility index (Phi) is 4.71. The van der Waals surface area contributed by atoms with E-state index in [1.807, 2.05) is 24.1 Å². The number of carbonyl (C=O) groups is 1. The second-order valence-electron chi connectivity index (χ2n) is 5.87. The van der Waals surface area contributed by atoms with Gasteiger partial charge in [-0.3, -0.25) is 9.78 Å². The first-order chi connectivity index (χ1) is 11.6. The lowest BCUT2D eigenvalue weighted by atomic mass is 10.0. The minimum Gasteiger partial charge on any atom is -0.395 e. The summed E-state index contributed by atoms with van der Waals surface area (Å²) in [7, 11) is 1.91. The summed E-state index contributed by atoms with van der Waals surface area (Å²) in [4.78, 5) is 29.0. The van der Waals surface area contributed by atoms with Crippen molar-refractivity contribution in [1.29, 1.82) is 0 Å². The van der Waals surface area contributed by atoms with Gasteiger partial charge in [0, 0.05) is 50.6 Å². The average Bonchev–Trinajstić information content (AvgIpc) is 2.61. The molecule has 1 aliphatic heterocycles. The minimum atomic E-state index is 0.0486. The predicted molar refractivity (Wildman–Crippen MR) is 90.4 cm³/mol. The van der Waals surface area contributed by atoms with Crippen LogP contribution in [-0.4, -0.2) is 57.6 Å². The number of pyridine rings is 1. The van der Waals surface area contributed by atoms with E-state index in [1.165, 1.54) is 0 Å². The van der Waals surface area contributed by atoms with Crippen LogP contribution in [0.15, 0.2) is 24.5 Å². The van der Waals surface area contributed by atoms with Crippen LogP contribution >= 0.6 is 0 Å². The molecule has 1 amide bonds. The molecule has 2 aromatic heterocycles. The number of hydrogen-bond acceptors (Lipinski definition) is 6. The zero-order valence-electron chi connectivity index (χ0n) is 13.9. The van der Waals surface area contributed by atoms with Crippen LogP contribution in [0.2, 0.25) is 0 Å². The summed E-state index contributed by atoms with van der Waals surface area (Å²) in [5.74, 6) is 1.45. The highest BCUT2D eigenvalue weighted by Gasteiger charge is 2.25. The zero-order chi connectivity index (χ0) is 17.1. The monoisotopic (exact) mass is 327 g/mol. The Hall–Kier alpha value is -2.54. The molecule has 7 nitrogen and oxygen atoms in total. The fourth-order valence-corrected chi connectivity index (χ4v) is 2.88. The maximum Gasteiger partial charge on any atom is 0.219 e. The smallest absolute Gasteiger partial charge is 0.219 e. The van der Waals surface area contributed by atoms with Crippen LogP contribution < -0.4 is 4.90 Å². The first-order valence-corrected chi connectivity index (χ1v) is 7.98. The quantitative estimate of drug-likeness (QED) is 0.897. The first-order valence-electron chi connectivity index (χ1n) is 7.98. The number of carbonyl (C=O) groups excluding carboxylic acids is 1. The number of fused-ring (bicyclic) bond motifs is 1. The van der Waals surface area contributed by atoms with Crippen molar-refractivity contribution in [1.82, 2.24) is 19.9 Å². The second kappa shape index (κ2) is 6.92. The third kappa shape index (κ3) is 3.21. The van der Waals surface area contributed by atoms with E-state index in [9.17, 15) is 9.90 Å². The molecule has 7 heteroatoms. The third-order valence-electron chi connectivity index (χ3n) is 4.21. The van der Waals surface area contributed by atoms with Crippen molar-refractivity contribution in [3.63, 3.8) is 0 Å². The van der Waals surface area contributed by atoms with Crippen molar-refractivity contribution in [2.45, 2.75) is 19.9 Å². The number of aliphatic hydroxyl groups is 1. The summed E-state index contributed by atoms with van der Waals surface area (Å²) < 4.78 is 0. The molecule has 0 saturated carbocycles. The van der Waals surface area contributed by atoms with E-state index in [-0.39, 0.29) is 12.5 Å². The third-order valence-corrected chi connectivity index (χ3v) is 4.21. The molecule has 0 unspecified atom stereocenters. The summed E-state index contributed by atoms with van der Waals surface area (Å²) in [6.45, 7) is 3.27. The van der Waals surface area contributed by atoms with E-state index in [2.05, 4.69) is 9.97 Å². The lowest BCUT2D eigenvalue weighted by Crippen LogP contribution is -2.36. The molecule has 0 radical (unpaired) electrons. The Bertz CT molecular complexity index is 735. The van der Waals surface area contributed by atoms with Gasteiger partial charge >= 0.3 is 0 Å². The topological polar surface area (TPSA) is 82.5 Å². The predicted octanol–water partition coefficient (Wildman–Crippen LogP) is 0.872. The van der Waals surface area contributed by atoms with Gasteiger partial charge in [-0.15, -0.1) is 0 Å². The minimum absolute atomic E-state index is 0.0486. The van der Waals surface area contributed by atoms with Crippen LogP contribution in [0.4, 0.5) is 5.82 Å². The molecule has 2 aromatic rings. The summed E-state index contributed by atoms with van der Waals surface area (Å²) >= 11 is 0. The number of aliphatic hydroxyl groups excluding tert-OH is 1. The van der Waals surface area contributed by atoms with Gasteiger partial charge in [-0.2, -0.15) is 0 Å². The lowest BCUT2D eigenvalue weighted by molar-refractivity contribution is -0.129. The van der Waals surface area contributed by atoms with Crippen molar-refractivity contribution in [3.05, 3.63) is 35.8 Å². The molecule has 3 rings (SSSR count). The highest BCUT2D eigenvalue weighted by atomic mass is 16.3. The van der Waals surface area contributed by atoms with Gasteiger partial charge in [0.25, 0.3) is 0 Å². The SMILES string of the molecule is CC(=O)N1CCc2c(nc(-c3cccnc3)nc2N(C)CCO)C1. The van der Waals surface area contributed by atoms with Crippen molar-refractivity contribution < 1.29 is 9.90 Å². The Morgan fingerprint density at radius 2 is 2.25 bits per heavy atom. The van der Waals surface area contributed by atoms with Crippen molar-refractivity contribution in [2.24, 2.45) is 0 Å². The Morgan fingerprint density at radius 1 is 1.42 bits per heavy atom. The van der Waals surface area contributed by atoms with E-state index in [1.54, 1.807) is 24.2 Å². The van der Waals surface area contributed by atoms with Crippen LogP contribution in [0.1, 0.15) is 18.2 Å². The molecule has 0 atom stereocenters. The number of likely N-dealkylation sites (N-methyl/N-ethyl adjacent to an activating group) is 1. The van der Waals surface area contributed by atoms with E-state index in [4.69, 9.17) is 4.98 Å². The van der Waals surface area contributed by atoms with Crippen LogP contribution in [-0.2, 0) is 17.8 Å². The molecule has 3 heterocycles. The molecule has 0 aliphatic carbocycles. The number of rotatable bonds is 4. The van der Waals surface area contributed by atoms with Gasteiger partial charge in [0.05, 0.1) is 18.8 Å². The van der Waals surface area contributed by atoms with E-state index in [0.717, 1.165) is 22.6 Å². The van der Waals surface area contributed by atoms with Crippen LogP contribution in [0.5, 0.6) is 0 Å². The lowest BCUT2D eigenvalue weighted by Gasteiger charge is -2.30. The van der Waals surface area contributed by atoms with Crippen LogP contribution in [0.25, 0.3) is 11.4 Å². The van der Waals surface area contributed by atoms with E-state index < -0.39 is 0 Å². The van der Waals surface area contributed by atoms with Crippen molar-refractivity contribution in [3.8, 4) is 11.4 Å². The second-order valence-corrected chi connectivity index (χ2v) is 5.87. The van der Waals surface area contributed by atoms with Gasteiger partial charge in [0.2, 0.25) is 5.91 Å². The molecule has 126 valence electrons. The van der Waals surface area contributed by atoms with Crippen molar-refractivity contribution >= 4 is 11.7 Å². The molecular weight excluding hydrogens is 306 g/mol. The number of anilines is 1. The number of nitrogens with zero attached hydrogens (tertiary/aromatic N) is 5. The average molecular weight is 327 g/mol. The van der Waals surface area contributed by atoms with Gasteiger partial charge in [-0.1, -0.05) is 0 Å². The molecule has 1 N–H and O–H groups in total. The molecule has 0 bridgehead atoms. The first kappa shape index (κ1) is 16.3. The summed E-state index contributed by atoms with van der Waals surface area (Å²) in [5.41, 5.74) is 2.75. The number of aromatic nitrogens is 3. The van der Waals surface area contributed by atoms with Crippen LogP contribution in [0, 0.1) is 0 Å². The fraction of sp³-hybridized carbons (Fsp3) is 0.412. The number of hydrogen-bond donors (Lipinski definition) is 1. The highest BCUT2D eigenvalue weighted by molar-refractivity contribution is 5.74. The Labute approximate surface area is 141 Å². The van der Waals surface area contributed by atoms with Gasteiger partial charge in [-0.25, -0.2) is 9.97 Å². The Morgan fingerprint density at radius 3 is 2.92 bits per heavy atom. The van der Waals surface area contributed by atoms with E-state index in [0.29, 0.717) is 31.9 Å². The highest BCUT2D eigenvalue weighted by Crippen LogP contribution is 2.28. The summed E-state index contributed by atoms with van der Waals surface area (Å²) in [6.07, 6.45) is 4.15. The molecular formula is C17H21N5O2. The van der Waals surface area contributed by atoms with Crippen LogP contribution in [0.3, 0.4) is 0 Å². The van der Waals surface area contributed by atoms with Gasteiger partial charge in [0.15, 0.2) is 5.82 Å². The zero-order valence-corrected chi connectivity index (χ0v) is 13.9. The fourth-order valence-electron chi connectivity index (χ4n) is 2.88. The molecule has 1 aliphatic rings. The Balaban J connectivity index is 2.08. The largest absolute Gasteiger partial charge is 0.395 e. The molecule has 24 heavy (non-hydrogen) atoms. The molecule has 0 saturated heterocycles. The van der Waals surface area contributed by atoms with E-state index >= 15 is 0 Å².